The number of halogens is 1. The van der Waals surface area contributed by atoms with Crippen LogP contribution in [0.3, 0.4) is 0 Å². The molecule has 0 saturated heterocycles. The highest BCUT2D eigenvalue weighted by Gasteiger charge is 2.27. The highest BCUT2D eigenvalue weighted by Crippen LogP contribution is 2.41. The van der Waals surface area contributed by atoms with Crippen LogP contribution in [0, 0.1) is 5.82 Å². The van der Waals surface area contributed by atoms with Gasteiger partial charge in [-0.25, -0.2) is 12.8 Å². The number of carbonyl (C=O) groups excluding carboxylic acids is 2. The number of sulfonamides is 1. The summed E-state index contributed by atoms with van der Waals surface area (Å²) in [4.78, 5) is 24.9. The van der Waals surface area contributed by atoms with Crippen molar-refractivity contribution in [2.45, 2.75) is 19.8 Å². The Balaban J connectivity index is 1.94. The van der Waals surface area contributed by atoms with Crippen molar-refractivity contribution in [3.8, 4) is 22.5 Å². The standard InChI is InChI=1S/C29H29FN2O6S/c1-4-37-26(33)11-8-16-32(39(3,35)36)24-18-25-23(17-22(24)19-9-6-5-7-10-19)27(29(34)31-2)28(38-25)20-12-14-21(30)15-13-20/h5-7,9-10,12-15,17-18H,4,8,11,16H2,1-3H3,(H,31,34). The van der Waals surface area contributed by atoms with Crippen LogP contribution in [-0.2, 0) is 19.6 Å². The van der Waals surface area contributed by atoms with Gasteiger partial charge in [-0.3, -0.25) is 13.9 Å². The molecule has 10 heteroatoms. The average Bonchev–Trinajstić information content (AvgIpc) is 3.28. The third kappa shape index (κ3) is 6.12. The van der Waals surface area contributed by atoms with Gasteiger partial charge in [0.2, 0.25) is 10.0 Å². The Morgan fingerprint density at radius 3 is 2.33 bits per heavy atom. The molecule has 4 rings (SSSR count). The SMILES string of the molecule is CCOC(=O)CCCN(c1cc2oc(-c3ccc(F)cc3)c(C(=O)NC)c2cc1-c1ccccc1)S(C)(=O)=O. The lowest BCUT2D eigenvalue weighted by Gasteiger charge is -2.25. The zero-order valence-electron chi connectivity index (χ0n) is 21.9. The van der Waals surface area contributed by atoms with E-state index in [0.717, 1.165) is 11.8 Å². The molecule has 1 heterocycles. The molecule has 0 aliphatic carbocycles. The maximum atomic E-state index is 13.6. The van der Waals surface area contributed by atoms with Gasteiger partial charge < -0.3 is 14.5 Å². The van der Waals surface area contributed by atoms with Crippen LogP contribution in [0.1, 0.15) is 30.1 Å². The van der Waals surface area contributed by atoms with E-state index < -0.39 is 27.7 Å². The zero-order chi connectivity index (χ0) is 28.2. The monoisotopic (exact) mass is 552 g/mol. The summed E-state index contributed by atoms with van der Waals surface area (Å²) in [6.45, 7) is 1.97. The Labute approximate surface area is 226 Å². The summed E-state index contributed by atoms with van der Waals surface area (Å²) >= 11 is 0. The van der Waals surface area contributed by atoms with E-state index in [2.05, 4.69) is 5.32 Å². The van der Waals surface area contributed by atoms with Crippen molar-refractivity contribution in [3.05, 3.63) is 78.1 Å². The number of carbonyl (C=O) groups is 2. The Kier molecular flexibility index (Phi) is 8.35. The zero-order valence-corrected chi connectivity index (χ0v) is 22.7. The van der Waals surface area contributed by atoms with Gasteiger partial charge in [0, 0.05) is 42.6 Å². The number of anilines is 1. The first-order valence-electron chi connectivity index (χ1n) is 12.4. The molecule has 0 unspecified atom stereocenters. The summed E-state index contributed by atoms with van der Waals surface area (Å²) in [5.74, 6) is -1.02. The minimum atomic E-state index is -3.79. The molecule has 0 bridgehead atoms. The largest absolute Gasteiger partial charge is 0.466 e. The molecule has 204 valence electrons. The van der Waals surface area contributed by atoms with E-state index in [0.29, 0.717) is 22.2 Å². The fourth-order valence-electron chi connectivity index (χ4n) is 4.41. The highest BCUT2D eigenvalue weighted by atomic mass is 32.2. The van der Waals surface area contributed by atoms with E-state index >= 15 is 0 Å². The molecule has 0 radical (unpaired) electrons. The minimum Gasteiger partial charge on any atom is -0.466 e. The normalized spacial score (nSPS) is 11.4. The summed E-state index contributed by atoms with van der Waals surface area (Å²) in [5.41, 5.74) is 2.63. The summed E-state index contributed by atoms with van der Waals surface area (Å²) in [5, 5.41) is 3.10. The predicted octanol–water partition coefficient (Wildman–Crippen LogP) is 5.37. The molecule has 0 atom stereocenters. The number of hydrogen-bond donors (Lipinski definition) is 1. The number of fused-ring (bicyclic) bond motifs is 1. The predicted molar refractivity (Wildman–Crippen MR) is 148 cm³/mol. The molecule has 0 fully saturated rings. The Morgan fingerprint density at radius 2 is 1.72 bits per heavy atom. The van der Waals surface area contributed by atoms with E-state index in [1.807, 2.05) is 30.3 Å². The lowest BCUT2D eigenvalue weighted by molar-refractivity contribution is -0.143. The molecule has 0 aliphatic rings. The number of amides is 1. The van der Waals surface area contributed by atoms with Crippen molar-refractivity contribution in [1.29, 1.82) is 0 Å². The number of nitrogens with zero attached hydrogens (tertiary/aromatic N) is 1. The topological polar surface area (TPSA) is 106 Å². The summed E-state index contributed by atoms with van der Waals surface area (Å²) < 4.78 is 52.0. The molecule has 1 N–H and O–H groups in total. The van der Waals surface area contributed by atoms with Gasteiger partial charge in [-0.15, -0.1) is 0 Å². The van der Waals surface area contributed by atoms with Crippen LogP contribution in [0.5, 0.6) is 0 Å². The smallest absolute Gasteiger partial charge is 0.305 e. The molecule has 8 nitrogen and oxygen atoms in total. The van der Waals surface area contributed by atoms with Gasteiger partial charge in [0.25, 0.3) is 5.91 Å². The van der Waals surface area contributed by atoms with Gasteiger partial charge >= 0.3 is 5.97 Å². The van der Waals surface area contributed by atoms with Crippen molar-refractivity contribution in [2.24, 2.45) is 0 Å². The molecule has 0 spiro atoms. The second-order valence-corrected chi connectivity index (χ2v) is 10.8. The molecule has 0 aliphatic heterocycles. The van der Waals surface area contributed by atoms with Crippen LogP contribution in [0.15, 0.2) is 71.1 Å². The second kappa shape index (κ2) is 11.7. The molecule has 1 amide bonds. The number of furan rings is 1. The quantitative estimate of drug-likeness (QED) is 0.265. The molecular formula is C29H29FN2O6S. The lowest BCUT2D eigenvalue weighted by Crippen LogP contribution is -2.31. The van der Waals surface area contributed by atoms with Crippen LogP contribution in [-0.4, -0.2) is 46.7 Å². The lowest BCUT2D eigenvalue weighted by atomic mass is 9.98. The molecule has 4 aromatic rings. The van der Waals surface area contributed by atoms with E-state index in [1.165, 1.54) is 35.6 Å². The van der Waals surface area contributed by atoms with E-state index in [1.54, 1.807) is 19.1 Å². The van der Waals surface area contributed by atoms with Gasteiger partial charge in [0.05, 0.1) is 24.1 Å². The van der Waals surface area contributed by atoms with Crippen LogP contribution < -0.4 is 9.62 Å². The van der Waals surface area contributed by atoms with Gasteiger partial charge in [-0.1, -0.05) is 30.3 Å². The van der Waals surface area contributed by atoms with Gasteiger partial charge in [-0.2, -0.15) is 0 Å². The van der Waals surface area contributed by atoms with Crippen LogP contribution >= 0.6 is 0 Å². The summed E-state index contributed by atoms with van der Waals surface area (Å²) in [6, 6.07) is 18.0. The summed E-state index contributed by atoms with van der Waals surface area (Å²) in [7, 11) is -2.29. The van der Waals surface area contributed by atoms with Crippen molar-refractivity contribution in [2.75, 3.05) is 30.8 Å². The van der Waals surface area contributed by atoms with E-state index in [4.69, 9.17) is 9.15 Å². The number of benzene rings is 3. The van der Waals surface area contributed by atoms with Crippen LogP contribution in [0.4, 0.5) is 10.1 Å². The third-order valence-corrected chi connectivity index (χ3v) is 7.35. The maximum Gasteiger partial charge on any atom is 0.305 e. The van der Waals surface area contributed by atoms with Crippen molar-refractivity contribution >= 4 is 38.6 Å². The Hall–Kier alpha value is -4.18. The van der Waals surface area contributed by atoms with Crippen molar-refractivity contribution in [1.82, 2.24) is 5.32 Å². The first-order chi connectivity index (χ1) is 18.6. The van der Waals surface area contributed by atoms with Crippen molar-refractivity contribution in [3.63, 3.8) is 0 Å². The van der Waals surface area contributed by atoms with Gasteiger partial charge in [-0.05, 0) is 49.2 Å². The van der Waals surface area contributed by atoms with E-state index in [9.17, 15) is 22.4 Å². The van der Waals surface area contributed by atoms with Gasteiger partial charge in [0.1, 0.15) is 17.2 Å². The molecule has 39 heavy (non-hydrogen) atoms. The van der Waals surface area contributed by atoms with Gasteiger partial charge in [0.15, 0.2) is 0 Å². The third-order valence-electron chi connectivity index (χ3n) is 6.17. The molecule has 3 aromatic carbocycles. The number of nitrogens with one attached hydrogen (secondary N) is 1. The fourth-order valence-corrected chi connectivity index (χ4v) is 5.38. The maximum absolute atomic E-state index is 13.6. The second-order valence-electron chi connectivity index (χ2n) is 8.87. The Bertz CT molecular complexity index is 1600. The molecule has 0 saturated carbocycles. The number of esters is 1. The number of ether oxygens (including phenoxy) is 1. The first kappa shape index (κ1) is 27.8. The first-order valence-corrected chi connectivity index (χ1v) is 14.3. The van der Waals surface area contributed by atoms with E-state index in [-0.39, 0.29) is 42.9 Å². The van der Waals surface area contributed by atoms with Crippen LogP contribution in [0.25, 0.3) is 33.4 Å². The average molecular weight is 553 g/mol. The highest BCUT2D eigenvalue weighted by molar-refractivity contribution is 7.92. The number of rotatable bonds is 10. The number of hydrogen-bond acceptors (Lipinski definition) is 6. The Morgan fingerprint density at radius 1 is 1.03 bits per heavy atom. The summed E-state index contributed by atoms with van der Waals surface area (Å²) in [6.07, 6.45) is 1.39. The fraction of sp³-hybridized carbons (Fsp3) is 0.241. The molecular weight excluding hydrogens is 523 g/mol. The van der Waals surface area contributed by atoms with Crippen LogP contribution in [0.2, 0.25) is 0 Å². The van der Waals surface area contributed by atoms with Crippen molar-refractivity contribution < 1.29 is 31.6 Å². The minimum absolute atomic E-state index is 0.0246. The molecule has 1 aromatic heterocycles.